The first-order valence-electron chi connectivity index (χ1n) is 6.04. The molecule has 0 bridgehead atoms. The number of ketones is 1. The summed E-state index contributed by atoms with van der Waals surface area (Å²) in [6.45, 7) is 3.50. The van der Waals surface area contributed by atoms with Gasteiger partial charge in [-0.05, 0) is 13.8 Å². The summed E-state index contributed by atoms with van der Waals surface area (Å²) in [4.78, 5) is 34.8. The summed E-state index contributed by atoms with van der Waals surface area (Å²) < 4.78 is 9.61. The fourth-order valence-corrected chi connectivity index (χ4v) is 2.12. The van der Waals surface area contributed by atoms with Gasteiger partial charge in [-0.15, -0.1) is 0 Å². The van der Waals surface area contributed by atoms with E-state index in [1.165, 1.54) is 0 Å². The van der Waals surface area contributed by atoms with Crippen LogP contribution in [0, 0.1) is 11.8 Å². The maximum absolute atomic E-state index is 11.8. The SMILES string of the molecule is CCOC(=O)C(C(=O)OCC)[C@@H]1CC(=O)C[C@H]1O. The fraction of sp³-hybridized carbons (Fsp3) is 0.750. The molecule has 1 saturated carbocycles. The average molecular weight is 258 g/mol. The first-order valence-corrected chi connectivity index (χ1v) is 6.04. The molecular formula is C12H18O6. The number of hydrogen-bond acceptors (Lipinski definition) is 6. The third-order valence-electron chi connectivity index (χ3n) is 2.90. The highest BCUT2D eigenvalue weighted by Gasteiger charge is 2.45. The number of carbonyl (C=O) groups excluding carboxylic acids is 3. The Hall–Kier alpha value is -1.43. The smallest absolute Gasteiger partial charge is 0.320 e. The molecule has 1 N–H and O–H groups in total. The summed E-state index contributed by atoms with van der Waals surface area (Å²) >= 11 is 0. The average Bonchev–Trinajstić information content (AvgIpc) is 2.59. The van der Waals surface area contributed by atoms with Crippen molar-refractivity contribution in [1.29, 1.82) is 0 Å². The second-order valence-electron chi connectivity index (χ2n) is 4.16. The highest BCUT2D eigenvalue weighted by molar-refractivity contribution is 5.96. The molecule has 0 aromatic heterocycles. The number of esters is 2. The van der Waals surface area contributed by atoms with Gasteiger partial charge in [0.15, 0.2) is 5.92 Å². The van der Waals surface area contributed by atoms with E-state index in [1.807, 2.05) is 0 Å². The van der Waals surface area contributed by atoms with Gasteiger partial charge in [0, 0.05) is 18.8 Å². The zero-order valence-electron chi connectivity index (χ0n) is 10.5. The number of hydrogen-bond donors (Lipinski definition) is 1. The van der Waals surface area contributed by atoms with Gasteiger partial charge in [-0.1, -0.05) is 0 Å². The Labute approximate surface area is 105 Å². The zero-order chi connectivity index (χ0) is 13.7. The monoisotopic (exact) mass is 258 g/mol. The van der Waals surface area contributed by atoms with Crippen molar-refractivity contribution in [3.63, 3.8) is 0 Å². The minimum atomic E-state index is -1.22. The first-order chi connectivity index (χ1) is 8.51. The van der Waals surface area contributed by atoms with Crippen LogP contribution in [0.1, 0.15) is 26.7 Å². The van der Waals surface area contributed by atoms with Gasteiger partial charge in [-0.25, -0.2) is 0 Å². The van der Waals surface area contributed by atoms with E-state index < -0.39 is 29.9 Å². The van der Waals surface area contributed by atoms with Crippen molar-refractivity contribution in [2.45, 2.75) is 32.8 Å². The number of rotatable bonds is 5. The molecule has 0 aromatic carbocycles. The van der Waals surface area contributed by atoms with Gasteiger partial charge in [0.1, 0.15) is 5.78 Å². The molecule has 102 valence electrons. The van der Waals surface area contributed by atoms with E-state index in [1.54, 1.807) is 13.8 Å². The molecule has 0 amide bonds. The molecule has 1 fully saturated rings. The molecule has 0 radical (unpaired) electrons. The van der Waals surface area contributed by atoms with Crippen LogP contribution in [-0.4, -0.2) is 42.1 Å². The lowest BCUT2D eigenvalue weighted by Crippen LogP contribution is -2.37. The third kappa shape index (κ3) is 3.29. The van der Waals surface area contributed by atoms with Gasteiger partial charge in [0.05, 0.1) is 19.3 Å². The summed E-state index contributed by atoms with van der Waals surface area (Å²) in [5.74, 6) is -3.60. The summed E-state index contributed by atoms with van der Waals surface area (Å²) in [5.41, 5.74) is 0. The fourth-order valence-electron chi connectivity index (χ4n) is 2.12. The van der Waals surface area contributed by atoms with Crippen molar-refractivity contribution in [1.82, 2.24) is 0 Å². The van der Waals surface area contributed by atoms with Crippen molar-refractivity contribution in [2.24, 2.45) is 11.8 Å². The Morgan fingerprint density at radius 2 is 1.72 bits per heavy atom. The van der Waals surface area contributed by atoms with Gasteiger partial charge >= 0.3 is 11.9 Å². The normalized spacial score (nSPS) is 23.2. The van der Waals surface area contributed by atoms with Crippen LogP contribution >= 0.6 is 0 Å². The van der Waals surface area contributed by atoms with Crippen molar-refractivity contribution in [2.75, 3.05) is 13.2 Å². The molecule has 0 unspecified atom stereocenters. The van der Waals surface area contributed by atoms with Gasteiger partial charge in [-0.3, -0.25) is 14.4 Å². The third-order valence-corrected chi connectivity index (χ3v) is 2.90. The number of carbonyl (C=O) groups is 3. The van der Waals surface area contributed by atoms with Crippen LogP contribution in [0.15, 0.2) is 0 Å². The first kappa shape index (κ1) is 14.6. The maximum Gasteiger partial charge on any atom is 0.320 e. The molecule has 1 rings (SSSR count). The van der Waals surface area contributed by atoms with Crippen LogP contribution in [-0.2, 0) is 23.9 Å². The lowest BCUT2D eigenvalue weighted by molar-refractivity contribution is -0.166. The van der Waals surface area contributed by atoms with Gasteiger partial charge in [0.2, 0.25) is 0 Å². The highest BCUT2D eigenvalue weighted by Crippen LogP contribution is 2.31. The molecular weight excluding hydrogens is 240 g/mol. The van der Waals surface area contributed by atoms with Crippen molar-refractivity contribution in [3.8, 4) is 0 Å². The Bertz CT molecular complexity index is 319. The molecule has 1 aliphatic rings. The summed E-state index contributed by atoms with van der Waals surface area (Å²) in [6, 6.07) is 0. The van der Waals surface area contributed by atoms with E-state index in [0.29, 0.717) is 0 Å². The molecule has 2 atom stereocenters. The summed E-state index contributed by atoms with van der Waals surface area (Å²) in [6.07, 6.45) is -1.01. The molecule has 0 spiro atoms. The number of Topliss-reactive ketones (excluding diaryl/α,β-unsaturated/α-hetero) is 1. The highest BCUT2D eigenvalue weighted by atomic mass is 16.6. The Balaban J connectivity index is 2.86. The predicted octanol–water partition coefficient (Wildman–Crippen LogP) is 0.0688. The Kier molecular flexibility index (Phi) is 5.27. The number of aliphatic hydroxyl groups excluding tert-OH is 1. The number of aliphatic hydroxyl groups is 1. The number of ether oxygens (including phenoxy) is 2. The van der Waals surface area contributed by atoms with E-state index in [9.17, 15) is 19.5 Å². The molecule has 1 aliphatic carbocycles. The van der Waals surface area contributed by atoms with E-state index in [2.05, 4.69) is 0 Å². The lowest BCUT2D eigenvalue weighted by Gasteiger charge is -2.22. The second kappa shape index (κ2) is 6.49. The van der Waals surface area contributed by atoms with Gasteiger partial charge in [-0.2, -0.15) is 0 Å². The van der Waals surface area contributed by atoms with Crippen molar-refractivity contribution < 1.29 is 29.0 Å². The topological polar surface area (TPSA) is 89.9 Å². The van der Waals surface area contributed by atoms with Crippen molar-refractivity contribution >= 4 is 17.7 Å². The molecule has 18 heavy (non-hydrogen) atoms. The molecule has 6 heteroatoms. The van der Waals surface area contributed by atoms with E-state index in [4.69, 9.17) is 9.47 Å². The van der Waals surface area contributed by atoms with Crippen LogP contribution < -0.4 is 0 Å². The van der Waals surface area contributed by atoms with Gasteiger partial charge < -0.3 is 14.6 Å². The quantitative estimate of drug-likeness (QED) is 0.554. The Morgan fingerprint density at radius 1 is 1.22 bits per heavy atom. The molecule has 6 nitrogen and oxygen atoms in total. The standard InChI is InChI=1S/C12H18O6/c1-3-17-11(15)10(12(16)18-4-2)8-5-7(13)6-9(8)14/h8-10,14H,3-6H2,1-2H3/t8-,9-/m1/s1. The van der Waals surface area contributed by atoms with Crippen LogP contribution in [0.2, 0.25) is 0 Å². The zero-order valence-corrected chi connectivity index (χ0v) is 10.5. The molecule has 0 saturated heterocycles. The lowest BCUT2D eigenvalue weighted by atomic mass is 9.89. The van der Waals surface area contributed by atoms with Gasteiger partial charge in [0.25, 0.3) is 0 Å². The Morgan fingerprint density at radius 3 is 2.06 bits per heavy atom. The molecule has 0 heterocycles. The summed E-state index contributed by atoms with van der Waals surface area (Å²) in [7, 11) is 0. The molecule has 0 aliphatic heterocycles. The van der Waals surface area contributed by atoms with E-state index in [-0.39, 0.29) is 31.8 Å². The van der Waals surface area contributed by atoms with Crippen LogP contribution in [0.3, 0.4) is 0 Å². The largest absolute Gasteiger partial charge is 0.465 e. The van der Waals surface area contributed by atoms with Crippen LogP contribution in [0.4, 0.5) is 0 Å². The van der Waals surface area contributed by atoms with E-state index in [0.717, 1.165) is 0 Å². The minimum absolute atomic E-state index is 0.00343. The van der Waals surface area contributed by atoms with E-state index >= 15 is 0 Å². The summed E-state index contributed by atoms with van der Waals surface area (Å²) in [5, 5.41) is 9.73. The van der Waals surface area contributed by atoms with Crippen LogP contribution in [0.25, 0.3) is 0 Å². The van der Waals surface area contributed by atoms with Crippen LogP contribution in [0.5, 0.6) is 0 Å². The predicted molar refractivity (Wildman–Crippen MR) is 60.5 cm³/mol. The maximum atomic E-state index is 11.8. The molecule has 0 aromatic rings. The van der Waals surface area contributed by atoms with Crippen molar-refractivity contribution in [3.05, 3.63) is 0 Å². The second-order valence-corrected chi connectivity index (χ2v) is 4.16. The minimum Gasteiger partial charge on any atom is -0.465 e.